The van der Waals surface area contributed by atoms with E-state index in [0.717, 1.165) is 0 Å². The van der Waals surface area contributed by atoms with Gasteiger partial charge in [0.2, 0.25) is 17.7 Å². The van der Waals surface area contributed by atoms with Gasteiger partial charge in [-0.25, -0.2) is 9.48 Å². The molecule has 0 unspecified atom stereocenters. The number of nitrogens with one attached hydrogen (secondary N) is 2. The number of likely N-dealkylation sites (tertiary alicyclic amines) is 1. The van der Waals surface area contributed by atoms with Crippen molar-refractivity contribution in [3.8, 4) is 0 Å². The second-order valence-electron chi connectivity index (χ2n) is 10.8. The van der Waals surface area contributed by atoms with E-state index in [2.05, 4.69) is 26.2 Å². The van der Waals surface area contributed by atoms with Crippen LogP contribution < -0.4 is 16.4 Å². The summed E-state index contributed by atoms with van der Waals surface area (Å²) >= 11 is 1.39. The minimum Gasteiger partial charge on any atom is -0.477 e. The van der Waals surface area contributed by atoms with E-state index in [-0.39, 0.29) is 60.3 Å². The lowest BCUT2D eigenvalue weighted by Crippen LogP contribution is -2.47. The molecule has 7 atom stereocenters. The number of tetrazole rings is 1. The van der Waals surface area contributed by atoms with Crippen LogP contribution in [0.4, 0.5) is 0 Å². The number of nitrogens with zero attached hydrogens (tertiary/aromatic N) is 6. The zero-order chi connectivity index (χ0) is 29.1. The summed E-state index contributed by atoms with van der Waals surface area (Å²) in [5.41, 5.74) is 5.95. The van der Waals surface area contributed by atoms with Gasteiger partial charge in [0.05, 0.1) is 18.7 Å². The number of carboxylic acids is 1. The molecule has 0 bridgehead atoms. The molecule has 3 aliphatic rings. The lowest BCUT2D eigenvalue weighted by molar-refractivity contribution is -0.140. The minimum absolute atomic E-state index is 0.0529. The molecule has 1 aromatic heterocycles. The van der Waals surface area contributed by atoms with Crippen molar-refractivity contribution in [3.63, 3.8) is 0 Å². The zero-order valence-electron chi connectivity index (χ0n) is 22.8. The van der Waals surface area contributed by atoms with Crippen molar-refractivity contribution in [3.05, 3.63) is 16.9 Å². The van der Waals surface area contributed by atoms with E-state index in [9.17, 15) is 29.4 Å². The van der Waals surface area contributed by atoms with E-state index >= 15 is 0 Å². The molecule has 0 aromatic carbocycles. The van der Waals surface area contributed by atoms with Gasteiger partial charge in [-0.15, -0.1) is 16.9 Å². The third-order valence-corrected chi connectivity index (χ3v) is 9.21. The van der Waals surface area contributed by atoms with Crippen LogP contribution in [0.25, 0.3) is 0 Å². The lowest BCUT2D eigenvalue weighted by atomic mass is 10.1. The smallest absolute Gasteiger partial charge is 0.353 e. The standard InChI is InChI=1S/C24H37N9O6S/c1-12(28-19(35)9-31-11-27-29-30-31)4-20(36)33-14(3)13(2)22(21(33)24(38)39)40-17-6-18(26-7-17)23(37)32-8-15(25)5-16(32)10-34/h11-18,26,34H,4-10,25H2,1-3H3,(H,28,35)(H,38,39)/t12-,13-,14+,15-,16-,17+,18+/m1/s1. The van der Waals surface area contributed by atoms with Crippen LogP contribution in [0.1, 0.15) is 40.0 Å². The highest BCUT2D eigenvalue weighted by molar-refractivity contribution is 8.03. The first-order chi connectivity index (χ1) is 19.0. The Morgan fingerprint density at radius 1 is 1.27 bits per heavy atom. The molecule has 1 aromatic rings. The van der Waals surface area contributed by atoms with Crippen LogP contribution in [0.2, 0.25) is 0 Å². The highest BCUT2D eigenvalue weighted by atomic mass is 32.2. The van der Waals surface area contributed by atoms with E-state index in [4.69, 9.17) is 5.73 Å². The van der Waals surface area contributed by atoms with Gasteiger partial charge < -0.3 is 36.4 Å². The van der Waals surface area contributed by atoms with E-state index in [1.165, 1.54) is 27.7 Å². The maximum absolute atomic E-state index is 13.3. The monoisotopic (exact) mass is 579 g/mol. The Morgan fingerprint density at radius 2 is 2.02 bits per heavy atom. The molecule has 15 nitrogen and oxygen atoms in total. The molecule has 0 radical (unpaired) electrons. The highest BCUT2D eigenvalue weighted by Crippen LogP contribution is 2.44. The van der Waals surface area contributed by atoms with Crippen LogP contribution in [0.15, 0.2) is 16.9 Å². The molecule has 4 heterocycles. The molecule has 220 valence electrons. The first-order valence-electron chi connectivity index (χ1n) is 13.4. The highest BCUT2D eigenvalue weighted by Gasteiger charge is 2.45. The number of nitrogens with two attached hydrogens (primary N) is 1. The van der Waals surface area contributed by atoms with Crippen molar-refractivity contribution in [1.29, 1.82) is 0 Å². The van der Waals surface area contributed by atoms with Crippen LogP contribution in [0.5, 0.6) is 0 Å². The van der Waals surface area contributed by atoms with E-state index in [0.29, 0.717) is 30.8 Å². The second kappa shape index (κ2) is 12.6. The van der Waals surface area contributed by atoms with Crippen molar-refractivity contribution in [2.24, 2.45) is 11.7 Å². The molecule has 6 N–H and O–H groups in total. The fourth-order valence-corrected chi connectivity index (χ4v) is 7.13. The van der Waals surface area contributed by atoms with Crippen LogP contribution in [-0.4, -0.2) is 119 Å². The summed E-state index contributed by atoms with van der Waals surface area (Å²) in [6, 6.07) is -1.84. The quantitative estimate of drug-likeness (QED) is 0.206. The number of amides is 3. The van der Waals surface area contributed by atoms with Crippen LogP contribution in [0, 0.1) is 5.92 Å². The predicted molar refractivity (Wildman–Crippen MR) is 143 cm³/mol. The topological polar surface area (TPSA) is 209 Å². The Labute approximate surface area is 235 Å². The van der Waals surface area contributed by atoms with E-state index < -0.39 is 30.0 Å². The number of carbonyl (C=O) groups excluding carboxylic acids is 3. The number of aliphatic hydroxyl groups excluding tert-OH is 1. The number of thioether (sulfide) groups is 1. The Morgan fingerprint density at radius 3 is 2.67 bits per heavy atom. The first kappa shape index (κ1) is 29.9. The summed E-state index contributed by atoms with van der Waals surface area (Å²) in [5, 5.41) is 36.2. The normalized spacial score (nSPS) is 29.2. The molecular formula is C24H37N9O6S. The number of rotatable bonds is 10. The maximum Gasteiger partial charge on any atom is 0.353 e. The summed E-state index contributed by atoms with van der Waals surface area (Å²) < 4.78 is 1.25. The molecule has 2 saturated heterocycles. The first-order valence-corrected chi connectivity index (χ1v) is 14.2. The van der Waals surface area contributed by atoms with Gasteiger partial charge in [0.25, 0.3) is 0 Å². The lowest BCUT2D eigenvalue weighted by Gasteiger charge is -2.26. The molecule has 16 heteroatoms. The fourth-order valence-electron chi connectivity index (χ4n) is 5.59. The maximum atomic E-state index is 13.3. The molecule has 3 amide bonds. The summed E-state index contributed by atoms with van der Waals surface area (Å²) in [5.74, 6) is -2.31. The Kier molecular flexibility index (Phi) is 9.43. The number of carbonyl (C=O) groups is 4. The molecule has 3 aliphatic heterocycles. The molecule has 2 fully saturated rings. The third kappa shape index (κ3) is 6.45. The van der Waals surface area contributed by atoms with Crippen molar-refractivity contribution in [2.75, 3.05) is 19.7 Å². The average molecular weight is 580 g/mol. The Bertz CT molecular complexity index is 1150. The van der Waals surface area contributed by atoms with E-state index in [1.54, 1.807) is 11.8 Å². The SMILES string of the molecule is C[C@H](CC(=O)N1C(C(=O)O)=C(S[C@@H]2CN[C@H](C(=O)N3C[C@H](N)C[C@@H]3CO)C2)[C@H](C)[C@@H]1C)NC(=O)Cn1cnnn1. The molecular weight excluding hydrogens is 542 g/mol. The molecule has 0 spiro atoms. The fraction of sp³-hybridized carbons (Fsp3) is 0.708. The Balaban J connectivity index is 1.40. The van der Waals surface area contributed by atoms with Gasteiger partial charge >= 0.3 is 5.97 Å². The minimum atomic E-state index is -1.20. The van der Waals surface area contributed by atoms with Gasteiger partial charge in [0.15, 0.2) is 0 Å². The summed E-state index contributed by atoms with van der Waals surface area (Å²) in [4.78, 5) is 54.7. The van der Waals surface area contributed by atoms with Gasteiger partial charge in [0.1, 0.15) is 18.6 Å². The van der Waals surface area contributed by atoms with Gasteiger partial charge in [-0.3, -0.25) is 14.4 Å². The number of hydrogen-bond donors (Lipinski definition) is 5. The van der Waals surface area contributed by atoms with Gasteiger partial charge in [0, 0.05) is 53.7 Å². The van der Waals surface area contributed by atoms with Gasteiger partial charge in [-0.2, -0.15) is 0 Å². The van der Waals surface area contributed by atoms with Crippen molar-refractivity contribution >= 4 is 35.5 Å². The Hall–Kier alpha value is -3.08. The molecule has 40 heavy (non-hydrogen) atoms. The predicted octanol–water partition coefficient (Wildman–Crippen LogP) is -1.88. The number of carboxylic acid groups (broad SMARTS) is 1. The van der Waals surface area contributed by atoms with Crippen LogP contribution >= 0.6 is 11.8 Å². The summed E-state index contributed by atoms with van der Waals surface area (Å²) in [6.45, 7) is 6.04. The third-order valence-electron chi connectivity index (χ3n) is 7.70. The van der Waals surface area contributed by atoms with Gasteiger partial charge in [-0.1, -0.05) is 6.92 Å². The molecule has 0 aliphatic carbocycles. The summed E-state index contributed by atoms with van der Waals surface area (Å²) in [6.07, 6.45) is 2.27. The summed E-state index contributed by atoms with van der Waals surface area (Å²) in [7, 11) is 0. The van der Waals surface area contributed by atoms with Crippen molar-refractivity contribution in [1.82, 2.24) is 40.6 Å². The van der Waals surface area contributed by atoms with Crippen LogP contribution in [-0.2, 0) is 25.7 Å². The zero-order valence-corrected chi connectivity index (χ0v) is 23.6. The number of aliphatic hydroxyl groups is 1. The largest absolute Gasteiger partial charge is 0.477 e. The van der Waals surface area contributed by atoms with Crippen LogP contribution in [0.3, 0.4) is 0 Å². The van der Waals surface area contributed by atoms with Crippen molar-refractivity contribution in [2.45, 2.75) is 82.0 Å². The molecule has 0 saturated carbocycles. The number of aromatic nitrogens is 4. The second-order valence-corrected chi connectivity index (χ2v) is 12.1. The average Bonchev–Trinajstić information content (AvgIpc) is 3.68. The van der Waals surface area contributed by atoms with E-state index in [1.807, 2.05) is 13.8 Å². The molecule has 4 rings (SSSR count). The number of aliphatic carboxylic acids is 1. The van der Waals surface area contributed by atoms with Gasteiger partial charge in [-0.05, 0) is 37.1 Å². The van der Waals surface area contributed by atoms with Crippen molar-refractivity contribution < 1.29 is 29.4 Å². The number of hydrogen-bond acceptors (Lipinski definition) is 11.